The van der Waals surface area contributed by atoms with Crippen molar-refractivity contribution in [3.8, 4) is 28.7 Å². The van der Waals surface area contributed by atoms with Gasteiger partial charge in [0.1, 0.15) is 5.75 Å². The van der Waals surface area contributed by atoms with E-state index >= 15 is 0 Å². The van der Waals surface area contributed by atoms with Crippen molar-refractivity contribution in [3.05, 3.63) is 41.5 Å². The molecule has 1 aliphatic rings. The molecule has 0 saturated carbocycles. The highest BCUT2D eigenvalue weighted by Gasteiger charge is 2.17. The molecule has 2 aromatic carbocycles. The number of fused-ring (bicyclic) bond motifs is 1. The van der Waals surface area contributed by atoms with Crippen molar-refractivity contribution in [2.24, 2.45) is 0 Å². The van der Waals surface area contributed by atoms with Crippen LogP contribution in [0.25, 0.3) is 0 Å². The second-order valence-corrected chi connectivity index (χ2v) is 5.27. The predicted molar refractivity (Wildman–Crippen MR) is 89.8 cm³/mol. The first-order valence-electron chi connectivity index (χ1n) is 7.63. The standard InChI is InChI=1S/C18H19NO6/c1-21-14-8-16(23-3)15(22-2)7-12(14)9-19-18(20)11-4-5-13-17(6-11)25-10-24-13/h4-8H,9-10H2,1-3H3,(H,19,20). The number of ether oxygens (including phenoxy) is 5. The smallest absolute Gasteiger partial charge is 0.251 e. The molecule has 3 rings (SSSR count). The highest BCUT2D eigenvalue weighted by molar-refractivity contribution is 5.94. The lowest BCUT2D eigenvalue weighted by molar-refractivity contribution is 0.0950. The fourth-order valence-electron chi connectivity index (χ4n) is 2.55. The van der Waals surface area contributed by atoms with E-state index in [1.54, 1.807) is 51.7 Å². The summed E-state index contributed by atoms with van der Waals surface area (Å²) in [6.45, 7) is 0.444. The summed E-state index contributed by atoms with van der Waals surface area (Å²) in [6.07, 6.45) is 0. The van der Waals surface area contributed by atoms with Crippen molar-refractivity contribution in [1.29, 1.82) is 0 Å². The van der Waals surface area contributed by atoms with Gasteiger partial charge in [-0.3, -0.25) is 4.79 Å². The molecule has 1 heterocycles. The zero-order valence-corrected chi connectivity index (χ0v) is 14.3. The van der Waals surface area contributed by atoms with Crippen LogP contribution in [0.2, 0.25) is 0 Å². The van der Waals surface area contributed by atoms with E-state index in [-0.39, 0.29) is 19.2 Å². The molecule has 7 nitrogen and oxygen atoms in total. The monoisotopic (exact) mass is 345 g/mol. The van der Waals surface area contributed by atoms with Gasteiger partial charge in [-0.15, -0.1) is 0 Å². The predicted octanol–water partition coefficient (Wildman–Crippen LogP) is 2.37. The molecule has 0 bridgehead atoms. The largest absolute Gasteiger partial charge is 0.496 e. The van der Waals surface area contributed by atoms with E-state index in [9.17, 15) is 4.79 Å². The normalized spacial score (nSPS) is 11.8. The molecule has 0 fully saturated rings. The summed E-state index contributed by atoms with van der Waals surface area (Å²) >= 11 is 0. The zero-order valence-electron chi connectivity index (χ0n) is 14.3. The molecule has 0 unspecified atom stereocenters. The fraction of sp³-hybridized carbons (Fsp3) is 0.278. The number of amides is 1. The average Bonchev–Trinajstić information content (AvgIpc) is 3.12. The van der Waals surface area contributed by atoms with E-state index in [0.717, 1.165) is 5.56 Å². The van der Waals surface area contributed by atoms with Gasteiger partial charge in [0.05, 0.1) is 21.3 Å². The number of nitrogens with one attached hydrogen (secondary N) is 1. The molecular formula is C18H19NO6. The minimum Gasteiger partial charge on any atom is -0.496 e. The molecule has 25 heavy (non-hydrogen) atoms. The second kappa shape index (κ2) is 7.21. The van der Waals surface area contributed by atoms with Crippen LogP contribution in [-0.4, -0.2) is 34.0 Å². The highest BCUT2D eigenvalue weighted by atomic mass is 16.7. The van der Waals surface area contributed by atoms with Crippen molar-refractivity contribution in [2.45, 2.75) is 6.54 Å². The quantitative estimate of drug-likeness (QED) is 0.866. The molecule has 0 aliphatic carbocycles. The summed E-state index contributed by atoms with van der Waals surface area (Å²) in [4.78, 5) is 12.4. The Morgan fingerprint density at radius 1 is 0.960 bits per heavy atom. The third kappa shape index (κ3) is 3.40. The van der Waals surface area contributed by atoms with Crippen LogP contribution in [0.4, 0.5) is 0 Å². The molecule has 1 amide bonds. The van der Waals surface area contributed by atoms with Crippen molar-refractivity contribution < 1.29 is 28.5 Å². The van der Waals surface area contributed by atoms with Gasteiger partial charge in [0.2, 0.25) is 6.79 Å². The first kappa shape index (κ1) is 16.8. The molecule has 7 heteroatoms. The molecular weight excluding hydrogens is 326 g/mol. The van der Waals surface area contributed by atoms with Crippen LogP contribution in [-0.2, 0) is 6.54 Å². The number of hydrogen-bond donors (Lipinski definition) is 1. The van der Waals surface area contributed by atoms with Gasteiger partial charge in [-0.2, -0.15) is 0 Å². The Labute approximate surface area is 145 Å². The average molecular weight is 345 g/mol. The third-order valence-electron chi connectivity index (χ3n) is 3.86. The number of methoxy groups -OCH3 is 3. The fourth-order valence-corrected chi connectivity index (χ4v) is 2.55. The lowest BCUT2D eigenvalue weighted by Crippen LogP contribution is -2.23. The van der Waals surface area contributed by atoms with Crippen molar-refractivity contribution in [3.63, 3.8) is 0 Å². The maximum atomic E-state index is 12.4. The van der Waals surface area contributed by atoms with E-state index in [0.29, 0.717) is 34.3 Å². The Bertz CT molecular complexity index is 789. The van der Waals surface area contributed by atoms with Crippen molar-refractivity contribution >= 4 is 5.91 Å². The molecule has 132 valence electrons. The van der Waals surface area contributed by atoms with Crippen LogP contribution in [0.1, 0.15) is 15.9 Å². The highest BCUT2D eigenvalue weighted by Crippen LogP contribution is 2.35. The van der Waals surface area contributed by atoms with Crippen molar-refractivity contribution in [2.75, 3.05) is 28.1 Å². The van der Waals surface area contributed by atoms with E-state index in [4.69, 9.17) is 23.7 Å². The second-order valence-electron chi connectivity index (χ2n) is 5.27. The molecule has 1 N–H and O–H groups in total. The van der Waals surface area contributed by atoms with Gasteiger partial charge in [0.15, 0.2) is 23.0 Å². The van der Waals surface area contributed by atoms with Crippen LogP contribution < -0.4 is 29.0 Å². The first-order chi connectivity index (χ1) is 12.2. The molecule has 0 spiro atoms. The van der Waals surface area contributed by atoms with Gasteiger partial charge in [0, 0.05) is 23.7 Å². The summed E-state index contributed by atoms with van der Waals surface area (Å²) in [5, 5.41) is 2.86. The minimum absolute atomic E-state index is 0.170. The Kier molecular flexibility index (Phi) is 4.83. The molecule has 0 saturated heterocycles. The Morgan fingerprint density at radius 3 is 2.36 bits per heavy atom. The van der Waals surface area contributed by atoms with Crippen LogP contribution in [0, 0.1) is 0 Å². The molecule has 0 atom stereocenters. The van der Waals surface area contributed by atoms with Crippen LogP contribution >= 0.6 is 0 Å². The van der Waals surface area contributed by atoms with Crippen LogP contribution in [0.15, 0.2) is 30.3 Å². The molecule has 0 aromatic heterocycles. The topological polar surface area (TPSA) is 75.2 Å². The third-order valence-corrected chi connectivity index (χ3v) is 3.86. The maximum absolute atomic E-state index is 12.4. The van der Waals surface area contributed by atoms with Gasteiger partial charge in [-0.1, -0.05) is 0 Å². The van der Waals surface area contributed by atoms with E-state index in [2.05, 4.69) is 5.32 Å². The summed E-state index contributed by atoms with van der Waals surface area (Å²) in [5.41, 5.74) is 1.26. The van der Waals surface area contributed by atoms with Crippen molar-refractivity contribution in [1.82, 2.24) is 5.32 Å². The molecule has 0 radical (unpaired) electrons. The maximum Gasteiger partial charge on any atom is 0.251 e. The lowest BCUT2D eigenvalue weighted by Gasteiger charge is -2.14. The molecule has 2 aromatic rings. The van der Waals surface area contributed by atoms with Crippen LogP contribution in [0.5, 0.6) is 28.7 Å². The molecule has 1 aliphatic heterocycles. The van der Waals surface area contributed by atoms with Gasteiger partial charge >= 0.3 is 0 Å². The van der Waals surface area contributed by atoms with E-state index < -0.39 is 0 Å². The van der Waals surface area contributed by atoms with Gasteiger partial charge in [-0.05, 0) is 24.3 Å². The van der Waals surface area contributed by atoms with Gasteiger partial charge < -0.3 is 29.0 Å². The summed E-state index contributed by atoms with van der Waals surface area (Å²) < 4.78 is 26.4. The SMILES string of the molecule is COc1cc(OC)c(OC)cc1CNC(=O)c1ccc2c(c1)OCO2. The van der Waals surface area contributed by atoms with Crippen LogP contribution in [0.3, 0.4) is 0 Å². The zero-order chi connectivity index (χ0) is 17.8. The number of carbonyl (C=O) groups excluding carboxylic acids is 1. The summed E-state index contributed by atoms with van der Waals surface area (Å²) in [7, 11) is 4.67. The Balaban J connectivity index is 1.75. The summed E-state index contributed by atoms with van der Waals surface area (Å²) in [6, 6.07) is 8.56. The van der Waals surface area contributed by atoms with Gasteiger partial charge in [0.25, 0.3) is 5.91 Å². The van der Waals surface area contributed by atoms with Gasteiger partial charge in [-0.25, -0.2) is 0 Å². The number of hydrogen-bond acceptors (Lipinski definition) is 6. The number of benzene rings is 2. The minimum atomic E-state index is -0.227. The summed E-state index contributed by atoms with van der Waals surface area (Å²) in [5.74, 6) is 2.70. The Hall–Kier alpha value is -3.09. The number of carbonyl (C=O) groups is 1. The Morgan fingerprint density at radius 2 is 1.64 bits per heavy atom. The first-order valence-corrected chi connectivity index (χ1v) is 7.63. The van der Waals surface area contributed by atoms with E-state index in [1.165, 1.54) is 0 Å². The van der Waals surface area contributed by atoms with E-state index in [1.807, 2.05) is 0 Å². The number of rotatable bonds is 6. The lowest BCUT2D eigenvalue weighted by atomic mass is 10.1.